The molecule has 0 saturated carbocycles. The van der Waals surface area contributed by atoms with Crippen molar-refractivity contribution in [3.63, 3.8) is 0 Å². The number of hydrogen-bond donors (Lipinski definition) is 2. The monoisotopic (exact) mass is 302 g/mol. The van der Waals surface area contributed by atoms with Gasteiger partial charge >= 0.3 is 5.97 Å². The van der Waals surface area contributed by atoms with Gasteiger partial charge in [-0.3, -0.25) is 4.79 Å². The molecule has 22 heavy (non-hydrogen) atoms. The van der Waals surface area contributed by atoms with Crippen LogP contribution in [0.25, 0.3) is 10.9 Å². The van der Waals surface area contributed by atoms with Gasteiger partial charge in [0.05, 0.1) is 0 Å². The lowest BCUT2D eigenvalue weighted by atomic mass is 9.99. The van der Waals surface area contributed by atoms with E-state index in [0.29, 0.717) is 12.1 Å². The number of carboxylic acids is 1. The fourth-order valence-corrected chi connectivity index (χ4v) is 2.59. The summed E-state index contributed by atoms with van der Waals surface area (Å²) in [6.45, 7) is 5.73. The van der Waals surface area contributed by atoms with E-state index in [1.165, 1.54) is 0 Å². The van der Waals surface area contributed by atoms with Crippen molar-refractivity contribution in [3.8, 4) is 0 Å². The minimum absolute atomic E-state index is 0.127. The topological polar surface area (TPSA) is 71.3 Å². The lowest BCUT2D eigenvalue weighted by Crippen LogP contribution is -2.45. The number of aliphatic carboxylic acids is 1. The highest BCUT2D eigenvalue weighted by Crippen LogP contribution is 2.20. The average Bonchev–Trinajstić information content (AvgIpc) is 2.79. The van der Waals surface area contributed by atoms with Crippen LogP contribution in [0.5, 0.6) is 0 Å². The van der Waals surface area contributed by atoms with Crippen molar-refractivity contribution in [2.75, 3.05) is 0 Å². The number of aromatic nitrogens is 1. The van der Waals surface area contributed by atoms with Crippen molar-refractivity contribution >= 4 is 22.8 Å². The number of carbonyl (C=O) groups is 2. The predicted octanol–water partition coefficient (Wildman–Crippen LogP) is 2.72. The molecule has 1 aromatic heterocycles. The van der Waals surface area contributed by atoms with Crippen LogP contribution in [0.4, 0.5) is 0 Å². The molecule has 0 spiro atoms. The van der Waals surface area contributed by atoms with Gasteiger partial charge in [-0.1, -0.05) is 31.9 Å². The van der Waals surface area contributed by atoms with Crippen LogP contribution >= 0.6 is 0 Å². The van der Waals surface area contributed by atoms with Crippen LogP contribution in [0.1, 0.15) is 36.3 Å². The number of carboxylic acid groups (broad SMARTS) is 1. The first kappa shape index (κ1) is 16.1. The minimum atomic E-state index is -1.00. The van der Waals surface area contributed by atoms with Gasteiger partial charge in [0.25, 0.3) is 5.91 Å². The lowest BCUT2D eigenvalue weighted by molar-refractivity contribution is -0.140. The number of fused-ring (bicyclic) bond motifs is 1. The van der Waals surface area contributed by atoms with E-state index >= 15 is 0 Å². The van der Waals surface area contributed by atoms with Crippen LogP contribution in [0.2, 0.25) is 0 Å². The molecule has 0 fully saturated rings. The smallest absolute Gasteiger partial charge is 0.326 e. The van der Waals surface area contributed by atoms with Gasteiger partial charge < -0.3 is 15.0 Å². The number of benzene rings is 1. The zero-order valence-corrected chi connectivity index (χ0v) is 13.4. The molecule has 2 unspecified atom stereocenters. The molecule has 1 aromatic carbocycles. The molecule has 1 amide bonds. The number of hydrogen-bond acceptors (Lipinski definition) is 2. The maximum absolute atomic E-state index is 12.5. The fraction of sp³-hybridized carbons (Fsp3) is 0.412. The number of rotatable bonds is 5. The Kier molecular flexibility index (Phi) is 4.54. The van der Waals surface area contributed by atoms with Gasteiger partial charge in [0.15, 0.2) is 0 Å². The van der Waals surface area contributed by atoms with Gasteiger partial charge in [-0.05, 0) is 31.0 Å². The second-order valence-corrected chi connectivity index (χ2v) is 5.83. The van der Waals surface area contributed by atoms with Gasteiger partial charge in [0, 0.05) is 18.0 Å². The molecule has 2 atom stereocenters. The highest BCUT2D eigenvalue weighted by atomic mass is 16.4. The Morgan fingerprint density at radius 3 is 2.59 bits per heavy atom. The van der Waals surface area contributed by atoms with Gasteiger partial charge in [0.1, 0.15) is 11.7 Å². The molecule has 2 rings (SSSR count). The van der Waals surface area contributed by atoms with Crippen molar-refractivity contribution in [1.29, 1.82) is 0 Å². The summed E-state index contributed by atoms with van der Waals surface area (Å²) >= 11 is 0. The van der Waals surface area contributed by atoms with E-state index in [4.69, 9.17) is 0 Å². The van der Waals surface area contributed by atoms with E-state index in [1.807, 2.05) is 46.0 Å². The summed E-state index contributed by atoms with van der Waals surface area (Å²) < 4.78 is 1.79. The molecular formula is C17H22N2O3. The lowest BCUT2D eigenvalue weighted by Gasteiger charge is -2.20. The normalized spacial score (nSPS) is 13.8. The third-order valence-electron chi connectivity index (χ3n) is 4.20. The Bertz CT molecular complexity index is 718. The molecule has 2 aromatic rings. The Hall–Kier alpha value is -2.30. The first-order valence-corrected chi connectivity index (χ1v) is 7.45. The number of amides is 1. The summed E-state index contributed by atoms with van der Waals surface area (Å²) in [5, 5.41) is 12.9. The second-order valence-electron chi connectivity index (χ2n) is 5.83. The van der Waals surface area contributed by atoms with Gasteiger partial charge in [-0.15, -0.1) is 0 Å². The van der Waals surface area contributed by atoms with E-state index in [1.54, 1.807) is 10.6 Å². The summed E-state index contributed by atoms with van der Waals surface area (Å²) in [6.07, 6.45) is 0.686. The van der Waals surface area contributed by atoms with E-state index in [-0.39, 0.29) is 11.8 Å². The van der Waals surface area contributed by atoms with Crippen molar-refractivity contribution in [2.24, 2.45) is 13.0 Å². The molecule has 0 radical (unpaired) electrons. The minimum Gasteiger partial charge on any atom is -0.480 e. The molecule has 0 aliphatic heterocycles. The summed E-state index contributed by atoms with van der Waals surface area (Å²) in [5.74, 6) is -1.49. The molecule has 1 heterocycles. The van der Waals surface area contributed by atoms with Gasteiger partial charge in [-0.2, -0.15) is 0 Å². The largest absolute Gasteiger partial charge is 0.480 e. The summed E-state index contributed by atoms with van der Waals surface area (Å²) in [4.78, 5) is 23.8. The number of carbonyl (C=O) groups excluding carboxylic acids is 1. The number of nitrogens with zero attached hydrogens (tertiary/aromatic N) is 1. The van der Waals surface area contributed by atoms with E-state index in [9.17, 15) is 14.7 Å². The summed E-state index contributed by atoms with van der Waals surface area (Å²) in [6, 6.07) is 6.88. The van der Waals surface area contributed by atoms with Crippen LogP contribution < -0.4 is 5.32 Å². The van der Waals surface area contributed by atoms with Crippen molar-refractivity contribution in [3.05, 3.63) is 35.5 Å². The molecule has 118 valence electrons. The average molecular weight is 302 g/mol. The standard InChI is InChI=1S/C17H22N2O3/c1-5-11(3)15(17(21)22)18-16(20)14-9-12-8-10(2)6-7-13(12)19(14)4/h6-9,11,15H,5H2,1-4H3,(H,18,20)(H,21,22). The van der Waals surface area contributed by atoms with E-state index in [2.05, 4.69) is 5.32 Å². The van der Waals surface area contributed by atoms with Crippen molar-refractivity contribution in [2.45, 2.75) is 33.2 Å². The first-order chi connectivity index (χ1) is 10.3. The molecule has 0 bridgehead atoms. The molecule has 2 N–H and O–H groups in total. The van der Waals surface area contributed by atoms with Crippen LogP contribution in [-0.2, 0) is 11.8 Å². The van der Waals surface area contributed by atoms with Gasteiger partial charge in [0.2, 0.25) is 0 Å². The van der Waals surface area contributed by atoms with E-state index in [0.717, 1.165) is 16.5 Å². The maximum Gasteiger partial charge on any atom is 0.326 e. The Balaban J connectivity index is 2.33. The molecule has 5 heteroatoms. The number of aryl methyl sites for hydroxylation is 2. The second kappa shape index (κ2) is 6.22. The molecule has 0 saturated heterocycles. The van der Waals surface area contributed by atoms with Crippen molar-refractivity contribution < 1.29 is 14.7 Å². The molecule has 0 aliphatic rings. The molecule has 0 aliphatic carbocycles. The van der Waals surface area contributed by atoms with Crippen LogP contribution in [0.3, 0.4) is 0 Å². The Morgan fingerprint density at radius 2 is 2.00 bits per heavy atom. The van der Waals surface area contributed by atoms with Crippen LogP contribution in [-0.4, -0.2) is 27.6 Å². The Morgan fingerprint density at radius 1 is 1.32 bits per heavy atom. The summed E-state index contributed by atoms with van der Waals surface area (Å²) in [5.41, 5.74) is 2.54. The SMILES string of the molecule is CCC(C)C(NC(=O)c1cc2cc(C)ccc2n1C)C(=O)O. The maximum atomic E-state index is 12.5. The fourth-order valence-electron chi connectivity index (χ4n) is 2.59. The third kappa shape index (κ3) is 2.98. The zero-order chi connectivity index (χ0) is 16.4. The van der Waals surface area contributed by atoms with Crippen LogP contribution in [0, 0.1) is 12.8 Å². The predicted molar refractivity (Wildman–Crippen MR) is 86.0 cm³/mol. The van der Waals surface area contributed by atoms with Gasteiger partial charge in [-0.25, -0.2) is 4.79 Å². The van der Waals surface area contributed by atoms with Crippen LogP contribution in [0.15, 0.2) is 24.3 Å². The first-order valence-electron chi connectivity index (χ1n) is 7.45. The zero-order valence-electron chi connectivity index (χ0n) is 13.4. The Labute approximate surface area is 129 Å². The highest BCUT2D eigenvalue weighted by Gasteiger charge is 2.26. The quantitative estimate of drug-likeness (QED) is 0.892. The third-order valence-corrected chi connectivity index (χ3v) is 4.20. The highest BCUT2D eigenvalue weighted by molar-refractivity contribution is 6.00. The van der Waals surface area contributed by atoms with E-state index < -0.39 is 12.0 Å². The molecule has 5 nitrogen and oxygen atoms in total. The molecular weight excluding hydrogens is 280 g/mol. The van der Waals surface area contributed by atoms with Crippen molar-refractivity contribution in [1.82, 2.24) is 9.88 Å². The number of nitrogens with one attached hydrogen (secondary N) is 1. The summed E-state index contributed by atoms with van der Waals surface area (Å²) in [7, 11) is 1.81.